The highest BCUT2D eigenvalue weighted by Gasteiger charge is 2.15. The van der Waals surface area contributed by atoms with E-state index in [1.807, 2.05) is 0 Å². The van der Waals surface area contributed by atoms with E-state index in [4.69, 9.17) is 21.6 Å². The van der Waals surface area contributed by atoms with Crippen LogP contribution in [0.15, 0.2) is 41.5 Å². The summed E-state index contributed by atoms with van der Waals surface area (Å²) in [7, 11) is 1.58. The van der Waals surface area contributed by atoms with Gasteiger partial charge in [0.25, 0.3) is 5.56 Å². The number of halogens is 2. The summed E-state index contributed by atoms with van der Waals surface area (Å²) < 4.78 is 20.6. The Morgan fingerprint density at radius 2 is 2.13 bits per heavy atom. The number of benzene rings is 2. The molecule has 2 aromatic carbocycles. The first-order valence-corrected chi connectivity index (χ1v) is 6.90. The van der Waals surface area contributed by atoms with Crippen LogP contribution in [-0.2, 0) is 7.05 Å². The molecule has 23 heavy (non-hydrogen) atoms. The monoisotopic (exact) mass is 329 g/mol. The maximum absolute atomic E-state index is 13.7. The largest absolute Gasteiger partial charge is 0.454 e. The molecule has 3 aromatic rings. The molecule has 5 nitrogen and oxygen atoms in total. The fraction of sp³-hybridized carbons (Fsp3) is 0.0625. The maximum Gasteiger partial charge on any atom is 0.261 e. The molecule has 0 radical (unpaired) electrons. The summed E-state index contributed by atoms with van der Waals surface area (Å²) >= 11 is 5.98. The van der Waals surface area contributed by atoms with Crippen LogP contribution >= 0.6 is 11.6 Å². The van der Waals surface area contributed by atoms with Gasteiger partial charge in [0.15, 0.2) is 5.75 Å². The van der Waals surface area contributed by atoms with Gasteiger partial charge in [-0.15, -0.1) is 0 Å². The molecular weight excluding hydrogens is 321 g/mol. The van der Waals surface area contributed by atoms with Gasteiger partial charge in [0.1, 0.15) is 23.2 Å². The van der Waals surface area contributed by atoms with E-state index in [1.54, 1.807) is 25.2 Å². The van der Waals surface area contributed by atoms with Gasteiger partial charge in [0.05, 0.1) is 22.3 Å². The molecule has 0 N–H and O–H groups in total. The SMILES string of the molecule is Cn1cnc2ccc(Oc3c(Cl)ccc(F)c3C#N)cc2c1=O. The van der Waals surface area contributed by atoms with Crippen molar-refractivity contribution < 1.29 is 9.13 Å². The Bertz CT molecular complexity index is 1020. The molecule has 1 aromatic heterocycles. The summed E-state index contributed by atoms with van der Waals surface area (Å²) in [5, 5.41) is 9.51. The van der Waals surface area contributed by atoms with Crippen LogP contribution < -0.4 is 10.3 Å². The van der Waals surface area contributed by atoms with Gasteiger partial charge in [-0.05, 0) is 30.3 Å². The molecule has 0 fully saturated rings. The Kier molecular flexibility index (Phi) is 3.72. The molecule has 0 atom stereocenters. The third-order valence-electron chi connectivity index (χ3n) is 3.28. The molecule has 0 saturated carbocycles. The summed E-state index contributed by atoms with van der Waals surface area (Å²) in [6, 6.07) is 8.76. The van der Waals surface area contributed by atoms with E-state index in [2.05, 4.69) is 4.98 Å². The van der Waals surface area contributed by atoms with Crippen molar-refractivity contribution in [3.05, 3.63) is 63.4 Å². The fourth-order valence-corrected chi connectivity index (χ4v) is 2.30. The number of rotatable bonds is 2. The first-order valence-electron chi connectivity index (χ1n) is 6.52. The van der Waals surface area contributed by atoms with E-state index >= 15 is 0 Å². The highest BCUT2D eigenvalue weighted by atomic mass is 35.5. The highest BCUT2D eigenvalue weighted by Crippen LogP contribution is 2.34. The minimum atomic E-state index is -0.731. The van der Waals surface area contributed by atoms with E-state index in [9.17, 15) is 9.18 Å². The van der Waals surface area contributed by atoms with Crippen molar-refractivity contribution in [1.82, 2.24) is 9.55 Å². The molecule has 0 spiro atoms. The molecule has 0 unspecified atom stereocenters. The minimum absolute atomic E-state index is 0.0887. The predicted octanol–water partition coefficient (Wildman–Crippen LogP) is 3.39. The standard InChI is InChI=1S/C16H9ClFN3O2/c1-21-8-20-14-5-2-9(6-10(14)16(21)22)23-15-11(7-19)13(18)4-3-12(15)17/h2-6,8H,1H3. The number of nitriles is 1. The molecule has 3 rings (SSSR count). The van der Waals surface area contributed by atoms with Crippen molar-refractivity contribution in [1.29, 1.82) is 5.26 Å². The van der Waals surface area contributed by atoms with Crippen LogP contribution in [0.4, 0.5) is 4.39 Å². The lowest BCUT2D eigenvalue weighted by Crippen LogP contribution is -2.16. The third kappa shape index (κ3) is 2.62. The molecule has 0 aliphatic rings. The minimum Gasteiger partial charge on any atom is -0.454 e. The van der Waals surface area contributed by atoms with E-state index in [1.165, 1.54) is 23.0 Å². The first-order chi connectivity index (χ1) is 11.0. The zero-order valence-corrected chi connectivity index (χ0v) is 12.6. The Hall–Kier alpha value is -2.91. The Morgan fingerprint density at radius 1 is 1.35 bits per heavy atom. The summed E-state index contributed by atoms with van der Waals surface area (Å²) in [5.41, 5.74) is -0.0331. The second-order valence-electron chi connectivity index (χ2n) is 4.79. The van der Waals surface area contributed by atoms with Crippen LogP contribution in [0.1, 0.15) is 5.56 Å². The number of fused-ring (bicyclic) bond motifs is 1. The van der Waals surface area contributed by atoms with Gasteiger partial charge in [-0.1, -0.05) is 11.6 Å². The van der Waals surface area contributed by atoms with Crippen LogP contribution in [0, 0.1) is 17.1 Å². The van der Waals surface area contributed by atoms with Crippen molar-refractivity contribution in [2.45, 2.75) is 0 Å². The van der Waals surface area contributed by atoms with Crippen molar-refractivity contribution in [3.8, 4) is 17.6 Å². The molecule has 114 valence electrons. The Morgan fingerprint density at radius 3 is 2.87 bits per heavy atom. The topological polar surface area (TPSA) is 67.9 Å². The second kappa shape index (κ2) is 5.71. The second-order valence-corrected chi connectivity index (χ2v) is 5.19. The van der Waals surface area contributed by atoms with E-state index < -0.39 is 5.82 Å². The quantitative estimate of drug-likeness (QED) is 0.722. The Balaban J connectivity index is 2.14. The first kappa shape index (κ1) is 15.0. The molecule has 0 aliphatic heterocycles. The predicted molar refractivity (Wildman–Crippen MR) is 83.2 cm³/mol. The number of aryl methyl sites for hydroxylation is 1. The van der Waals surface area contributed by atoms with Crippen molar-refractivity contribution >= 4 is 22.5 Å². The average molecular weight is 330 g/mol. The molecular formula is C16H9ClFN3O2. The average Bonchev–Trinajstić information content (AvgIpc) is 2.55. The summed E-state index contributed by atoms with van der Waals surface area (Å²) in [4.78, 5) is 16.2. The van der Waals surface area contributed by atoms with Crippen molar-refractivity contribution in [2.75, 3.05) is 0 Å². The van der Waals surface area contributed by atoms with Crippen LogP contribution in [0.2, 0.25) is 5.02 Å². The summed E-state index contributed by atoms with van der Waals surface area (Å²) in [6.07, 6.45) is 1.42. The summed E-state index contributed by atoms with van der Waals surface area (Å²) in [5.74, 6) is -0.564. The molecule has 0 saturated heterocycles. The number of hydrogen-bond donors (Lipinski definition) is 0. The van der Waals surface area contributed by atoms with E-state index in [0.717, 1.165) is 6.07 Å². The van der Waals surface area contributed by atoms with Crippen LogP contribution in [0.5, 0.6) is 11.5 Å². The normalized spacial score (nSPS) is 10.5. The van der Waals surface area contributed by atoms with Gasteiger partial charge in [0, 0.05) is 7.05 Å². The van der Waals surface area contributed by atoms with Gasteiger partial charge < -0.3 is 9.30 Å². The molecule has 1 heterocycles. The lowest BCUT2D eigenvalue weighted by molar-refractivity contribution is 0.475. The van der Waals surface area contributed by atoms with Crippen LogP contribution in [-0.4, -0.2) is 9.55 Å². The molecule has 0 aliphatic carbocycles. The number of hydrogen-bond acceptors (Lipinski definition) is 4. The highest BCUT2D eigenvalue weighted by molar-refractivity contribution is 6.32. The van der Waals surface area contributed by atoms with E-state index in [-0.39, 0.29) is 27.6 Å². The molecule has 0 bridgehead atoms. The van der Waals surface area contributed by atoms with E-state index in [0.29, 0.717) is 10.9 Å². The van der Waals surface area contributed by atoms with Gasteiger partial charge in [-0.2, -0.15) is 5.26 Å². The third-order valence-corrected chi connectivity index (χ3v) is 3.58. The molecule has 7 heteroatoms. The van der Waals surface area contributed by atoms with Gasteiger partial charge >= 0.3 is 0 Å². The van der Waals surface area contributed by atoms with Crippen molar-refractivity contribution in [2.24, 2.45) is 7.05 Å². The fourth-order valence-electron chi connectivity index (χ4n) is 2.11. The lowest BCUT2D eigenvalue weighted by atomic mass is 10.2. The zero-order valence-electron chi connectivity index (χ0n) is 11.9. The maximum atomic E-state index is 13.7. The summed E-state index contributed by atoms with van der Waals surface area (Å²) in [6.45, 7) is 0. The molecule has 0 amide bonds. The number of nitrogens with zero attached hydrogens (tertiary/aromatic N) is 3. The number of ether oxygens (including phenoxy) is 1. The zero-order chi connectivity index (χ0) is 16.6. The van der Waals surface area contributed by atoms with Gasteiger partial charge in [0.2, 0.25) is 0 Å². The van der Waals surface area contributed by atoms with Gasteiger partial charge in [-0.3, -0.25) is 4.79 Å². The lowest BCUT2D eigenvalue weighted by Gasteiger charge is -2.10. The smallest absolute Gasteiger partial charge is 0.261 e. The number of aromatic nitrogens is 2. The van der Waals surface area contributed by atoms with Crippen LogP contribution in [0.3, 0.4) is 0 Å². The Labute approximate surface area is 135 Å². The van der Waals surface area contributed by atoms with Crippen LogP contribution in [0.25, 0.3) is 10.9 Å². The van der Waals surface area contributed by atoms with Crippen molar-refractivity contribution in [3.63, 3.8) is 0 Å². The van der Waals surface area contributed by atoms with Gasteiger partial charge in [-0.25, -0.2) is 9.37 Å².